The number of ether oxygens (including phenoxy) is 2. The zero-order valence-electron chi connectivity index (χ0n) is 19.0. The number of halogens is 3. The van der Waals surface area contributed by atoms with Crippen molar-refractivity contribution in [2.45, 2.75) is 18.7 Å². The van der Waals surface area contributed by atoms with Gasteiger partial charge in [0.05, 0.1) is 17.9 Å². The Kier molecular flexibility index (Phi) is 7.25. The normalized spacial score (nSPS) is 20.1. The highest BCUT2D eigenvalue weighted by Gasteiger charge is 2.32. The van der Waals surface area contributed by atoms with Crippen molar-refractivity contribution >= 4 is 21.0 Å². The van der Waals surface area contributed by atoms with E-state index in [1.54, 1.807) is 18.2 Å². The zero-order chi connectivity index (χ0) is 25.2. The number of piperazine rings is 1. The molecule has 12 heteroatoms. The van der Waals surface area contributed by atoms with Crippen LogP contribution < -0.4 is 10.2 Å². The predicted octanol–water partition coefficient (Wildman–Crippen LogP) is 3.21. The summed E-state index contributed by atoms with van der Waals surface area (Å²) in [4.78, 5) is 15.1. The summed E-state index contributed by atoms with van der Waals surface area (Å²) < 4.78 is 77.1. The molecule has 2 aliphatic rings. The van der Waals surface area contributed by atoms with Crippen LogP contribution in [0, 0.1) is 0 Å². The lowest BCUT2D eigenvalue weighted by Gasteiger charge is -2.33. The van der Waals surface area contributed by atoms with Gasteiger partial charge in [-0.1, -0.05) is 6.08 Å². The molecule has 2 heterocycles. The first-order valence-electron chi connectivity index (χ1n) is 11.0. The molecule has 1 aliphatic heterocycles. The van der Waals surface area contributed by atoms with Crippen LogP contribution in [0.15, 0.2) is 57.7 Å². The molecule has 0 N–H and O–H groups in total. The summed E-state index contributed by atoms with van der Waals surface area (Å²) in [6, 6.07) is 4.88. The van der Waals surface area contributed by atoms with E-state index in [0.717, 1.165) is 0 Å². The second-order valence-electron chi connectivity index (χ2n) is 8.39. The molecule has 0 saturated carbocycles. The molecule has 0 radical (unpaired) electrons. The minimum atomic E-state index is -4.77. The fourth-order valence-corrected chi connectivity index (χ4v) is 4.91. The van der Waals surface area contributed by atoms with Gasteiger partial charge in [0, 0.05) is 50.3 Å². The van der Waals surface area contributed by atoms with Crippen LogP contribution in [0.1, 0.15) is 17.9 Å². The number of hydrogen-bond donors (Lipinski definition) is 0. The van der Waals surface area contributed by atoms with Crippen LogP contribution in [0.2, 0.25) is 0 Å². The summed E-state index contributed by atoms with van der Waals surface area (Å²) in [6.45, 7) is 3.16. The molecule has 0 amide bonds. The maximum Gasteiger partial charge on any atom is 0.573 e. The van der Waals surface area contributed by atoms with Crippen molar-refractivity contribution in [1.29, 1.82) is 0 Å². The number of allylic oxidation sites excluding steroid dienone is 3. The van der Waals surface area contributed by atoms with Crippen molar-refractivity contribution in [1.82, 2.24) is 9.21 Å². The van der Waals surface area contributed by atoms with Crippen LogP contribution in [0.3, 0.4) is 0 Å². The Hall–Kier alpha value is -2.83. The third kappa shape index (κ3) is 6.44. The highest BCUT2D eigenvalue weighted by atomic mass is 32.2. The van der Waals surface area contributed by atoms with Crippen molar-refractivity contribution in [3.8, 4) is 5.75 Å². The van der Waals surface area contributed by atoms with Crippen molar-refractivity contribution in [3.05, 3.63) is 64.2 Å². The van der Waals surface area contributed by atoms with Gasteiger partial charge in [0.25, 0.3) is 0 Å². The van der Waals surface area contributed by atoms with E-state index in [4.69, 9.17) is 9.15 Å². The Labute approximate surface area is 200 Å². The first-order valence-corrected chi connectivity index (χ1v) is 12.8. The van der Waals surface area contributed by atoms with E-state index in [0.29, 0.717) is 61.6 Å². The molecule has 1 aromatic carbocycles. The molecular formula is C23H25F3N2O6S. The molecule has 1 atom stereocenters. The molecular weight excluding hydrogens is 489 g/mol. The lowest BCUT2D eigenvalue weighted by Crippen LogP contribution is -2.49. The Balaban J connectivity index is 1.35. The summed E-state index contributed by atoms with van der Waals surface area (Å²) in [5.74, 6) is -0.203. The number of rotatable bonds is 7. The Morgan fingerprint density at radius 3 is 2.54 bits per heavy atom. The van der Waals surface area contributed by atoms with Crippen LogP contribution in [-0.4, -0.2) is 69.6 Å². The molecule has 0 spiro atoms. The second-order valence-corrected chi connectivity index (χ2v) is 10.4. The summed E-state index contributed by atoms with van der Waals surface area (Å²) in [5.41, 5.74) is 0.428. The molecule has 4 rings (SSSR count). The monoisotopic (exact) mass is 514 g/mol. The van der Waals surface area contributed by atoms with Gasteiger partial charge in [-0.3, -0.25) is 9.69 Å². The van der Waals surface area contributed by atoms with Crippen molar-refractivity contribution in [3.63, 3.8) is 0 Å². The lowest BCUT2D eigenvalue weighted by atomic mass is 9.92. The predicted molar refractivity (Wildman–Crippen MR) is 123 cm³/mol. The van der Waals surface area contributed by atoms with E-state index in [-0.39, 0.29) is 17.6 Å². The van der Waals surface area contributed by atoms with E-state index in [9.17, 15) is 26.4 Å². The van der Waals surface area contributed by atoms with E-state index in [1.165, 1.54) is 35.1 Å². The lowest BCUT2D eigenvalue weighted by molar-refractivity contribution is -0.303. The topological polar surface area (TPSA) is 89.3 Å². The van der Waals surface area contributed by atoms with Gasteiger partial charge in [-0.25, -0.2) is 8.42 Å². The summed E-state index contributed by atoms with van der Waals surface area (Å²) >= 11 is 0. The van der Waals surface area contributed by atoms with Crippen LogP contribution in [0.5, 0.6) is 5.75 Å². The third-order valence-corrected chi connectivity index (χ3v) is 7.25. The maximum absolute atomic E-state index is 12.9. The molecule has 1 aliphatic carbocycles. The van der Waals surface area contributed by atoms with Gasteiger partial charge in [0.1, 0.15) is 23.7 Å². The van der Waals surface area contributed by atoms with Gasteiger partial charge in [-0.15, -0.1) is 13.2 Å². The van der Waals surface area contributed by atoms with Gasteiger partial charge in [-0.05, 0) is 30.7 Å². The quantitative estimate of drug-likeness (QED) is 0.561. The Morgan fingerprint density at radius 1 is 1.17 bits per heavy atom. The van der Waals surface area contributed by atoms with Gasteiger partial charge < -0.3 is 13.9 Å². The number of hydrogen-bond acceptors (Lipinski definition) is 7. The molecule has 190 valence electrons. The third-order valence-electron chi connectivity index (χ3n) is 5.95. The summed E-state index contributed by atoms with van der Waals surface area (Å²) in [7, 11) is -3.17. The summed E-state index contributed by atoms with van der Waals surface area (Å²) in [5, 5.41) is 0.349. The SMILES string of the molecule is CS(=O)(=O)N1CCN(CCOc2ccc3c(=O)c(C4C=CC(OC(F)(F)F)=CC4)coc3c2)CC1. The first-order chi connectivity index (χ1) is 16.5. The number of fused-ring (bicyclic) bond motifs is 1. The highest BCUT2D eigenvalue weighted by Crippen LogP contribution is 2.30. The van der Waals surface area contributed by atoms with Gasteiger partial charge in [-0.2, -0.15) is 4.31 Å². The average Bonchev–Trinajstić information content (AvgIpc) is 2.79. The zero-order valence-corrected chi connectivity index (χ0v) is 19.8. The highest BCUT2D eigenvalue weighted by molar-refractivity contribution is 7.88. The van der Waals surface area contributed by atoms with Gasteiger partial charge in [0.15, 0.2) is 5.43 Å². The van der Waals surface area contributed by atoms with Gasteiger partial charge in [0.2, 0.25) is 10.0 Å². The molecule has 1 fully saturated rings. The van der Waals surface area contributed by atoms with Crippen molar-refractivity contribution < 1.29 is 35.5 Å². The minimum Gasteiger partial charge on any atom is -0.492 e. The number of benzene rings is 1. The molecule has 1 saturated heterocycles. The van der Waals surface area contributed by atoms with Crippen LogP contribution in [0.25, 0.3) is 11.0 Å². The smallest absolute Gasteiger partial charge is 0.492 e. The van der Waals surface area contributed by atoms with E-state index < -0.39 is 22.3 Å². The fourth-order valence-electron chi connectivity index (χ4n) is 4.09. The van der Waals surface area contributed by atoms with E-state index in [2.05, 4.69) is 9.64 Å². The molecule has 0 bridgehead atoms. The number of alkyl halides is 3. The molecule has 35 heavy (non-hydrogen) atoms. The summed E-state index contributed by atoms with van der Waals surface area (Å²) in [6.07, 6.45) is 1.93. The molecule has 1 aromatic heterocycles. The second kappa shape index (κ2) is 10.0. The fraction of sp³-hybridized carbons (Fsp3) is 0.435. The van der Waals surface area contributed by atoms with E-state index >= 15 is 0 Å². The largest absolute Gasteiger partial charge is 0.573 e. The van der Waals surface area contributed by atoms with Gasteiger partial charge >= 0.3 is 6.36 Å². The molecule has 8 nitrogen and oxygen atoms in total. The molecule has 2 aromatic rings. The van der Waals surface area contributed by atoms with Crippen LogP contribution >= 0.6 is 0 Å². The Morgan fingerprint density at radius 2 is 1.91 bits per heavy atom. The maximum atomic E-state index is 12.9. The van der Waals surface area contributed by atoms with Crippen LogP contribution in [-0.2, 0) is 14.8 Å². The van der Waals surface area contributed by atoms with E-state index in [1.807, 2.05) is 0 Å². The standard InChI is InChI=1S/C23H25F3N2O6S/c1-35(30,31)28-10-8-27(9-11-28)12-13-32-18-6-7-19-21(14-18)33-15-20(22(19)29)16-2-4-17(5-3-16)34-23(24,25)26/h2,4-7,14-16H,3,8-13H2,1H3. The molecule has 1 unspecified atom stereocenters. The minimum absolute atomic E-state index is 0.178. The van der Waals surface area contributed by atoms with Crippen molar-refractivity contribution in [2.75, 3.05) is 45.6 Å². The number of sulfonamides is 1. The van der Waals surface area contributed by atoms with Crippen molar-refractivity contribution in [2.24, 2.45) is 0 Å². The van der Waals surface area contributed by atoms with Crippen LogP contribution in [0.4, 0.5) is 13.2 Å². The first kappa shape index (κ1) is 25.3. The number of nitrogens with zero attached hydrogens (tertiary/aromatic N) is 2. The Bertz CT molecular complexity index is 1290. The average molecular weight is 515 g/mol.